The number of rotatable bonds is 1. The molecule has 0 amide bonds. The lowest BCUT2D eigenvalue weighted by molar-refractivity contribution is 0.540. The molecule has 0 saturated heterocycles. The Balaban J connectivity index is 2.46. The molecule has 0 aromatic carbocycles. The predicted octanol–water partition coefficient (Wildman–Crippen LogP) is 2.35. The summed E-state index contributed by atoms with van der Waals surface area (Å²) >= 11 is 0. The van der Waals surface area contributed by atoms with Crippen molar-refractivity contribution in [3.05, 3.63) is 35.9 Å². The molecule has 0 aliphatic rings. The summed E-state index contributed by atoms with van der Waals surface area (Å²) in [6, 6.07) is 5.77. The first kappa shape index (κ1) is 7.98. The summed E-state index contributed by atoms with van der Waals surface area (Å²) in [5.74, 6) is 1.39. The Kier molecular flexibility index (Phi) is 1.85. The normalized spacial score (nSPS) is 10.3. The Labute approximate surface area is 76.5 Å². The van der Waals surface area contributed by atoms with Gasteiger partial charge in [-0.25, -0.2) is 9.97 Å². The van der Waals surface area contributed by atoms with Gasteiger partial charge in [0.15, 0.2) is 0 Å². The summed E-state index contributed by atoms with van der Waals surface area (Å²) in [5.41, 5.74) is 1.75. The van der Waals surface area contributed by atoms with Crippen LogP contribution in [0, 0.1) is 13.8 Å². The molecule has 3 heteroatoms. The second-order valence-corrected chi connectivity index (χ2v) is 2.94. The van der Waals surface area contributed by atoms with Crippen LogP contribution < -0.4 is 0 Å². The lowest BCUT2D eigenvalue weighted by Gasteiger charge is -1.95. The molecule has 0 bridgehead atoms. The highest BCUT2D eigenvalue weighted by Crippen LogP contribution is 2.16. The summed E-state index contributed by atoms with van der Waals surface area (Å²) in [6.07, 6.45) is 1.69. The van der Waals surface area contributed by atoms with Crippen LogP contribution in [0.25, 0.3) is 11.6 Å². The highest BCUT2D eigenvalue weighted by molar-refractivity contribution is 5.46. The highest BCUT2D eigenvalue weighted by Gasteiger charge is 2.04. The van der Waals surface area contributed by atoms with Gasteiger partial charge in [-0.3, -0.25) is 0 Å². The van der Waals surface area contributed by atoms with Gasteiger partial charge in [0.25, 0.3) is 0 Å². The van der Waals surface area contributed by atoms with E-state index < -0.39 is 0 Å². The Morgan fingerprint density at radius 3 is 2.69 bits per heavy atom. The maximum absolute atomic E-state index is 5.35. The third-order valence-electron chi connectivity index (χ3n) is 1.73. The van der Waals surface area contributed by atoms with Crippen molar-refractivity contribution in [2.24, 2.45) is 0 Å². The summed E-state index contributed by atoms with van der Waals surface area (Å²) in [7, 11) is 0. The van der Waals surface area contributed by atoms with Crippen molar-refractivity contribution >= 4 is 0 Å². The second kappa shape index (κ2) is 3.01. The van der Waals surface area contributed by atoms with E-state index in [1.165, 1.54) is 0 Å². The number of hydrogen-bond acceptors (Lipinski definition) is 3. The van der Waals surface area contributed by atoms with Gasteiger partial charge < -0.3 is 4.42 Å². The van der Waals surface area contributed by atoms with Crippen molar-refractivity contribution < 1.29 is 4.42 Å². The number of pyridine rings is 1. The minimum Gasteiger partial charge on any atom is -0.440 e. The average molecular weight is 174 g/mol. The van der Waals surface area contributed by atoms with E-state index in [9.17, 15) is 0 Å². The van der Waals surface area contributed by atoms with Crippen LogP contribution in [-0.2, 0) is 0 Å². The van der Waals surface area contributed by atoms with Crippen molar-refractivity contribution in [3.8, 4) is 11.6 Å². The van der Waals surface area contributed by atoms with Gasteiger partial charge in [-0.2, -0.15) is 0 Å². The number of aromatic nitrogens is 2. The van der Waals surface area contributed by atoms with Crippen molar-refractivity contribution in [1.29, 1.82) is 0 Å². The molecule has 0 aliphatic carbocycles. The molecule has 0 saturated carbocycles. The SMILES string of the molecule is Cc1cccc(-c2ncc(C)o2)n1. The summed E-state index contributed by atoms with van der Waals surface area (Å²) in [4.78, 5) is 8.40. The van der Waals surface area contributed by atoms with Gasteiger partial charge in [0, 0.05) is 5.69 Å². The van der Waals surface area contributed by atoms with Crippen LogP contribution in [0.5, 0.6) is 0 Å². The highest BCUT2D eigenvalue weighted by atomic mass is 16.4. The first-order chi connectivity index (χ1) is 6.25. The average Bonchev–Trinajstić information content (AvgIpc) is 2.52. The molecule has 0 N–H and O–H groups in total. The van der Waals surface area contributed by atoms with Gasteiger partial charge >= 0.3 is 0 Å². The predicted molar refractivity (Wildman–Crippen MR) is 49.2 cm³/mol. The number of hydrogen-bond donors (Lipinski definition) is 0. The maximum atomic E-state index is 5.35. The van der Waals surface area contributed by atoms with E-state index in [2.05, 4.69) is 9.97 Å². The summed E-state index contributed by atoms with van der Waals surface area (Å²) in [5, 5.41) is 0. The Hall–Kier alpha value is -1.64. The van der Waals surface area contributed by atoms with Crippen molar-refractivity contribution in [3.63, 3.8) is 0 Å². The third kappa shape index (κ3) is 1.59. The molecule has 2 rings (SSSR count). The molecule has 0 spiro atoms. The number of aryl methyl sites for hydroxylation is 2. The fraction of sp³-hybridized carbons (Fsp3) is 0.200. The van der Waals surface area contributed by atoms with Crippen LogP contribution in [0.1, 0.15) is 11.5 Å². The maximum Gasteiger partial charge on any atom is 0.245 e. The quantitative estimate of drug-likeness (QED) is 0.666. The van der Waals surface area contributed by atoms with Crippen molar-refractivity contribution in [2.45, 2.75) is 13.8 Å². The largest absolute Gasteiger partial charge is 0.440 e. The Bertz CT molecular complexity index is 420. The van der Waals surface area contributed by atoms with Crippen LogP contribution in [0.3, 0.4) is 0 Å². The van der Waals surface area contributed by atoms with Gasteiger partial charge in [-0.15, -0.1) is 0 Å². The van der Waals surface area contributed by atoms with Gasteiger partial charge in [0.2, 0.25) is 5.89 Å². The van der Waals surface area contributed by atoms with E-state index in [-0.39, 0.29) is 0 Å². The van der Waals surface area contributed by atoms with Crippen LogP contribution in [-0.4, -0.2) is 9.97 Å². The van der Waals surface area contributed by atoms with E-state index in [4.69, 9.17) is 4.42 Å². The lowest BCUT2D eigenvalue weighted by Crippen LogP contribution is -1.85. The lowest BCUT2D eigenvalue weighted by atomic mass is 10.3. The fourth-order valence-electron chi connectivity index (χ4n) is 1.14. The molecule has 2 aromatic heterocycles. The topological polar surface area (TPSA) is 38.9 Å². The minimum atomic E-state index is 0.584. The molecule has 3 nitrogen and oxygen atoms in total. The first-order valence-corrected chi connectivity index (χ1v) is 4.12. The van der Waals surface area contributed by atoms with E-state index >= 15 is 0 Å². The van der Waals surface area contributed by atoms with Crippen LogP contribution >= 0.6 is 0 Å². The molecular weight excluding hydrogens is 164 g/mol. The molecule has 0 radical (unpaired) electrons. The molecule has 0 atom stereocenters. The monoisotopic (exact) mass is 174 g/mol. The smallest absolute Gasteiger partial charge is 0.245 e. The molecule has 0 unspecified atom stereocenters. The van der Waals surface area contributed by atoms with Gasteiger partial charge in [-0.05, 0) is 26.0 Å². The molecule has 66 valence electrons. The first-order valence-electron chi connectivity index (χ1n) is 4.12. The van der Waals surface area contributed by atoms with Crippen LogP contribution in [0.4, 0.5) is 0 Å². The van der Waals surface area contributed by atoms with E-state index in [0.717, 1.165) is 17.1 Å². The minimum absolute atomic E-state index is 0.584. The Morgan fingerprint density at radius 1 is 1.23 bits per heavy atom. The summed E-state index contributed by atoms with van der Waals surface area (Å²) < 4.78 is 5.35. The molecule has 2 heterocycles. The van der Waals surface area contributed by atoms with Crippen molar-refractivity contribution in [1.82, 2.24) is 9.97 Å². The molecule has 2 aromatic rings. The zero-order valence-electron chi connectivity index (χ0n) is 7.61. The zero-order valence-corrected chi connectivity index (χ0v) is 7.61. The molecule has 13 heavy (non-hydrogen) atoms. The van der Waals surface area contributed by atoms with Crippen molar-refractivity contribution in [2.75, 3.05) is 0 Å². The second-order valence-electron chi connectivity index (χ2n) is 2.94. The Morgan fingerprint density at radius 2 is 2.08 bits per heavy atom. The van der Waals surface area contributed by atoms with E-state index in [1.807, 2.05) is 32.0 Å². The van der Waals surface area contributed by atoms with Gasteiger partial charge in [0.1, 0.15) is 11.5 Å². The standard InChI is InChI=1S/C10H10N2O/c1-7-4-3-5-9(12-7)10-11-6-8(2)13-10/h3-6H,1-2H3. The number of nitrogens with zero attached hydrogens (tertiary/aromatic N) is 2. The van der Waals surface area contributed by atoms with Crippen LogP contribution in [0.2, 0.25) is 0 Å². The van der Waals surface area contributed by atoms with Crippen LogP contribution in [0.15, 0.2) is 28.8 Å². The zero-order chi connectivity index (χ0) is 9.26. The number of oxazole rings is 1. The molecule has 0 fully saturated rings. The van der Waals surface area contributed by atoms with Gasteiger partial charge in [-0.1, -0.05) is 6.07 Å². The van der Waals surface area contributed by atoms with E-state index in [0.29, 0.717) is 5.89 Å². The van der Waals surface area contributed by atoms with E-state index in [1.54, 1.807) is 6.20 Å². The molecule has 0 aliphatic heterocycles. The fourth-order valence-corrected chi connectivity index (χ4v) is 1.14. The molecular formula is C10H10N2O. The summed E-state index contributed by atoms with van der Waals surface area (Å²) in [6.45, 7) is 3.81. The van der Waals surface area contributed by atoms with Gasteiger partial charge in [0.05, 0.1) is 6.20 Å². The third-order valence-corrected chi connectivity index (χ3v) is 1.73.